The topological polar surface area (TPSA) is 237 Å². The van der Waals surface area contributed by atoms with E-state index in [9.17, 15) is 43.2 Å². The van der Waals surface area contributed by atoms with Crippen LogP contribution in [0.15, 0.2) is 0 Å². The second-order valence-corrected chi connectivity index (χ2v) is 28.2. The molecule has 85 heavy (non-hydrogen) atoms. The van der Waals surface area contributed by atoms with Crippen LogP contribution >= 0.6 is 15.6 Å². The molecule has 0 spiro atoms. The number of aliphatic hydroxyl groups is 1. The third-order valence-electron chi connectivity index (χ3n) is 15.8. The number of carbonyl (C=O) groups excluding carboxylic acids is 4. The zero-order valence-corrected chi connectivity index (χ0v) is 57.0. The molecule has 0 aliphatic rings. The summed E-state index contributed by atoms with van der Waals surface area (Å²) in [6, 6.07) is 0. The summed E-state index contributed by atoms with van der Waals surface area (Å²) < 4.78 is 68.1. The average Bonchev–Trinajstić information content (AvgIpc) is 3.49. The Balaban J connectivity index is 5.26. The van der Waals surface area contributed by atoms with E-state index in [1.165, 1.54) is 116 Å². The number of unbranched alkanes of at least 4 members (excludes halogenated alkanes) is 27. The van der Waals surface area contributed by atoms with Crippen LogP contribution in [0.1, 0.15) is 319 Å². The molecule has 0 amide bonds. The van der Waals surface area contributed by atoms with Gasteiger partial charge in [-0.05, 0) is 49.4 Å². The quantitative estimate of drug-likeness (QED) is 0.0222. The summed E-state index contributed by atoms with van der Waals surface area (Å²) in [5.74, 6) is 0.817. The molecule has 504 valence electrons. The second kappa shape index (κ2) is 56.1. The Bertz CT molecular complexity index is 1700. The third-order valence-corrected chi connectivity index (χ3v) is 17.7. The monoisotopic (exact) mass is 1250 g/mol. The maximum Gasteiger partial charge on any atom is 0.472 e. The molecular weight excluding hydrogens is 1130 g/mol. The molecule has 0 aliphatic heterocycles. The van der Waals surface area contributed by atoms with Gasteiger partial charge < -0.3 is 33.8 Å². The molecule has 0 fully saturated rings. The Morgan fingerprint density at radius 2 is 0.565 bits per heavy atom. The highest BCUT2D eigenvalue weighted by Crippen LogP contribution is 2.45. The van der Waals surface area contributed by atoms with Crippen LogP contribution in [0, 0.1) is 23.7 Å². The molecule has 0 aromatic rings. The Kier molecular flexibility index (Phi) is 54.8. The van der Waals surface area contributed by atoms with Gasteiger partial charge in [-0.1, -0.05) is 267 Å². The van der Waals surface area contributed by atoms with E-state index in [0.29, 0.717) is 31.6 Å². The third kappa shape index (κ3) is 58.2. The van der Waals surface area contributed by atoms with E-state index >= 15 is 0 Å². The van der Waals surface area contributed by atoms with Crippen molar-refractivity contribution in [3.05, 3.63) is 0 Å². The van der Waals surface area contributed by atoms with E-state index < -0.39 is 97.5 Å². The van der Waals surface area contributed by atoms with Crippen LogP contribution in [-0.4, -0.2) is 96.7 Å². The summed E-state index contributed by atoms with van der Waals surface area (Å²) in [7, 11) is -9.89. The highest BCUT2D eigenvalue weighted by atomic mass is 31.2. The lowest BCUT2D eigenvalue weighted by Gasteiger charge is -2.21. The number of hydrogen-bond donors (Lipinski definition) is 3. The van der Waals surface area contributed by atoms with Crippen molar-refractivity contribution in [3.63, 3.8) is 0 Å². The molecule has 4 unspecified atom stereocenters. The van der Waals surface area contributed by atoms with Crippen molar-refractivity contribution < 1.29 is 80.2 Å². The largest absolute Gasteiger partial charge is 0.472 e. The second-order valence-electron chi connectivity index (χ2n) is 25.3. The molecule has 19 heteroatoms. The van der Waals surface area contributed by atoms with Gasteiger partial charge in [0.25, 0.3) is 0 Å². The molecule has 0 aromatic carbocycles. The molecule has 0 saturated heterocycles. The van der Waals surface area contributed by atoms with Crippen LogP contribution < -0.4 is 0 Å². The van der Waals surface area contributed by atoms with Gasteiger partial charge in [-0.2, -0.15) is 0 Å². The smallest absolute Gasteiger partial charge is 0.462 e. The van der Waals surface area contributed by atoms with Crippen LogP contribution in [0.3, 0.4) is 0 Å². The predicted octanol–water partition coefficient (Wildman–Crippen LogP) is 18.1. The normalized spacial score (nSPS) is 15.0. The molecule has 17 nitrogen and oxygen atoms in total. The predicted molar refractivity (Wildman–Crippen MR) is 340 cm³/mol. The molecule has 0 saturated carbocycles. The molecule has 0 radical (unpaired) electrons. The summed E-state index contributed by atoms with van der Waals surface area (Å²) in [6.45, 7) is 14.0. The molecule has 0 aromatic heterocycles. The number of phosphoric acid groups is 2. The van der Waals surface area contributed by atoms with Crippen LogP contribution in [0.2, 0.25) is 0 Å². The minimum absolute atomic E-state index is 0.102. The Labute approximate surface area is 517 Å². The van der Waals surface area contributed by atoms with Gasteiger partial charge in [-0.15, -0.1) is 0 Å². The first kappa shape index (κ1) is 83.1. The van der Waals surface area contributed by atoms with Gasteiger partial charge in [-0.3, -0.25) is 37.3 Å². The lowest BCUT2D eigenvalue weighted by molar-refractivity contribution is -0.161. The first-order valence-electron chi connectivity index (χ1n) is 34.3. The van der Waals surface area contributed by atoms with E-state index in [4.69, 9.17) is 37.0 Å². The van der Waals surface area contributed by atoms with Crippen molar-refractivity contribution >= 4 is 39.5 Å². The minimum Gasteiger partial charge on any atom is -0.462 e. The maximum absolute atomic E-state index is 13.0. The molecule has 0 rings (SSSR count). The van der Waals surface area contributed by atoms with Crippen molar-refractivity contribution in [1.82, 2.24) is 0 Å². The van der Waals surface area contributed by atoms with Crippen molar-refractivity contribution in [2.75, 3.05) is 39.6 Å². The average molecular weight is 1260 g/mol. The number of carbonyl (C=O) groups is 4. The zero-order valence-electron chi connectivity index (χ0n) is 55.2. The van der Waals surface area contributed by atoms with Crippen LogP contribution in [0.5, 0.6) is 0 Å². The van der Waals surface area contributed by atoms with Gasteiger partial charge in [0.1, 0.15) is 19.3 Å². The molecule has 3 N–H and O–H groups in total. The lowest BCUT2D eigenvalue weighted by atomic mass is 9.99. The van der Waals surface area contributed by atoms with E-state index in [-0.39, 0.29) is 25.7 Å². The van der Waals surface area contributed by atoms with Gasteiger partial charge in [-0.25, -0.2) is 9.13 Å². The first-order valence-corrected chi connectivity index (χ1v) is 37.3. The summed E-state index contributed by atoms with van der Waals surface area (Å²) in [5, 5.41) is 10.5. The van der Waals surface area contributed by atoms with E-state index in [2.05, 4.69) is 55.4 Å². The molecule has 0 bridgehead atoms. The van der Waals surface area contributed by atoms with Crippen LogP contribution in [-0.2, 0) is 65.4 Å². The van der Waals surface area contributed by atoms with Crippen molar-refractivity contribution in [2.45, 2.75) is 337 Å². The molecule has 0 heterocycles. The van der Waals surface area contributed by atoms with E-state index in [1.54, 1.807) is 0 Å². The number of hydrogen-bond acceptors (Lipinski definition) is 15. The lowest BCUT2D eigenvalue weighted by Crippen LogP contribution is -2.30. The maximum atomic E-state index is 13.0. The Morgan fingerprint density at radius 1 is 0.329 bits per heavy atom. The number of phosphoric ester groups is 2. The minimum atomic E-state index is -4.95. The summed E-state index contributed by atoms with van der Waals surface area (Å²) in [6.07, 6.45) is 36.3. The number of rotatable bonds is 63. The van der Waals surface area contributed by atoms with Gasteiger partial charge in [0, 0.05) is 25.7 Å². The highest BCUT2D eigenvalue weighted by Gasteiger charge is 2.30. The first-order chi connectivity index (χ1) is 40.7. The van der Waals surface area contributed by atoms with Crippen molar-refractivity contribution in [3.8, 4) is 0 Å². The van der Waals surface area contributed by atoms with Crippen molar-refractivity contribution in [2.24, 2.45) is 23.7 Å². The highest BCUT2D eigenvalue weighted by molar-refractivity contribution is 7.47. The summed E-state index contributed by atoms with van der Waals surface area (Å²) in [5.41, 5.74) is 0. The number of ether oxygens (including phenoxy) is 4. The molecule has 7 atom stereocenters. The van der Waals surface area contributed by atoms with Gasteiger partial charge in [0.2, 0.25) is 0 Å². The molecule has 0 aliphatic carbocycles. The number of aliphatic hydroxyl groups excluding tert-OH is 1. The van der Waals surface area contributed by atoms with Crippen LogP contribution in [0.4, 0.5) is 0 Å². The molecular formula is C66H128O17P2. The van der Waals surface area contributed by atoms with Gasteiger partial charge >= 0.3 is 39.5 Å². The summed E-state index contributed by atoms with van der Waals surface area (Å²) >= 11 is 0. The fourth-order valence-corrected chi connectivity index (χ4v) is 11.3. The van der Waals surface area contributed by atoms with Crippen molar-refractivity contribution in [1.29, 1.82) is 0 Å². The fraction of sp³-hybridized carbons (Fsp3) is 0.939. The van der Waals surface area contributed by atoms with E-state index in [1.807, 2.05) is 0 Å². The van der Waals surface area contributed by atoms with E-state index in [0.717, 1.165) is 114 Å². The van der Waals surface area contributed by atoms with Gasteiger partial charge in [0.05, 0.1) is 26.4 Å². The summed E-state index contributed by atoms with van der Waals surface area (Å²) in [4.78, 5) is 72.3. The Morgan fingerprint density at radius 3 is 0.835 bits per heavy atom. The van der Waals surface area contributed by atoms with Crippen LogP contribution in [0.25, 0.3) is 0 Å². The SMILES string of the molecule is CCC(C)CCCCCCCCCCCCC(=O)O[C@H](COC(=O)CCCCCCCCCCC(C)C)COP(=O)(O)OC[C@@H](O)COP(=O)(O)OC[C@@H](COC(=O)CCCCCCCCC(C)CC)OC(=O)CCCCCCCCCC(C)C. The fourth-order valence-electron chi connectivity index (χ4n) is 9.72. The zero-order chi connectivity index (χ0) is 63.2. The number of esters is 4. The van der Waals surface area contributed by atoms with Gasteiger partial charge in [0.15, 0.2) is 12.2 Å². The Hall–Kier alpha value is -1.94. The standard InChI is InChI=1S/C66H128O17P2/c1-9-58(7)44-36-28-20-13-11-12-14-22-32-40-48-65(70)82-61(52-76-63(68)46-38-30-21-16-15-18-26-34-42-56(3)4)54-80-84(72,73)78-50-60(67)51-79-85(74,75)81-55-62(83-66(71)49-41-33-23-17-19-27-35-43-57(5)6)53-77-64(69)47-39-31-25-24-29-37-45-59(8)10-2/h56-62,67H,9-55H2,1-8H3,(H,72,73)(H,74,75)/t58?,59?,60-,61-,62-/m1/s1.